The fourth-order valence-electron chi connectivity index (χ4n) is 3.38. The standard InChI is InChI=1S/C21H19N3O4/c25-21(22-17-8-1-2-9-18(17)23-12-3-4-13-23)20-11-10-19(28-20)15-6-5-7-16(14-15)24(26)27/h1-2,5-11,14H,3-4,12-13H2,(H,22,25). The van der Waals surface area contributed by atoms with Gasteiger partial charge in [0.1, 0.15) is 5.76 Å². The minimum atomic E-state index is -0.463. The largest absolute Gasteiger partial charge is 0.451 e. The number of amides is 1. The van der Waals surface area contributed by atoms with Crippen molar-refractivity contribution in [3.05, 3.63) is 76.5 Å². The van der Waals surface area contributed by atoms with Gasteiger partial charge < -0.3 is 14.6 Å². The van der Waals surface area contributed by atoms with Crippen molar-refractivity contribution in [2.24, 2.45) is 0 Å². The van der Waals surface area contributed by atoms with Crippen LogP contribution in [0.25, 0.3) is 11.3 Å². The summed E-state index contributed by atoms with van der Waals surface area (Å²) in [7, 11) is 0. The number of furan rings is 1. The lowest BCUT2D eigenvalue weighted by Gasteiger charge is -2.21. The number of non-ortho nitro benzene ring substituents is 1. The number of carbonyl (C=O) groups is 1. The van der Waals surface area contributed by atoms with Crippen LogP contribution in [-0.4, -0.2) is 23.9 Å². The normalized spacial score (nSPS) is 13.5. The smallest absolute Gasteiger partial charge is 0.291 e. The SMILES string of the molecule is O=C(Nc1ccccc1N1CCCC1)c1ccc(-c2cccc([N+](=O)[O-])c2)o1. The molecule has 0 radical (unpaired) electrons. The number of hydrogen-bond donors (Lipinski definition) is 1. The molecule has 1 aromatic heterocycles. The van der Waals surface area contributed by atoms with E-state index < -0.39 is 4.92 Å². The number of nitro groups is 1. The first-order valence-electron chi connectivity index (χ1n) is 9.12. The molecule has 4 rings (SSSR count). The van der Waals surface area contributed by atoms with Crippen molar-refractivity contribution in [3.8, 4) is 11.3 Å². The zero-order valence-electron chi connectivity index (χ0n) is 15.1. The van der Waals surface area contributed by atoms with Gasteiger partial charge in [-0.25, -0.2) is 0 Å². The second-order valence-corrected chi connectivity index (χ2v) is 6.64. The molecular weight excluding hydrogens is 358 g/mol. The molecule has 28 heavy (non-hydrogen) atoms. The van der Waals surface area contributed by atoms with Gasteiger partial charge in [0.05, 0.1) is 16.3 Å². The van der Waals surface area contributed by atoms with Crippen LogP contribution in [0, 0.1) is 10.1 Å². The summed E-state index contributed by atoms with van der Waals surface area (Å²) in [5.41, 5.74) is 2.26. The van der Waals surface area contributed by atoms with Crippen molar-refractivity contribution < 1.29 is 14.1 Å². The van der Waals surface area contributed by atoms with Gasteiger partial charge in [-0.15, -0.1) is 0 Å². The Morgan fingerprint density at radius 2 is 1.82 bits per heavy atom. The zero-order chi connectivity index (χ0) is 19.5. The molecule has 1 saturated heterocycles. The molecular formula is C21H19N3O4. The Hall–Kier alpha value is -3.61. The second-order valence-electron chi connectivity index (χ2n) is 6.64. The van der Waals surface area contributed by atoms with E-state index in [4.69, 9.17) is 4.42 Å². The Balaban J connectivity index is 1.54. The van der Waals surface area contributed by atoms with Gasteiger partial charge in [0, 0.05) is 30.8 Å². The van der Waals surface area contributed by atoms with Crippen LogP contribution in [0.2, 0.25) is 0 Å². The van der Waals surface area contributed by atoms with E-state index >= 15 is 0 Å². The summed E-state index contributed by atoms with van der Waals surface area (Å²) in [5, 5.41) is 13.9. The molecule has 0 atom stereocenters. The molecule has 1 aliphatic heterocycles. The van der Waals surface area contributed by atoms with Gasteiger partial charge in [-0.3, -0.25) is 14.9 Å². The van der Waals surface area contributed by atoms with Crippen molar-refractivity contribution in [3.63, 3.8) is 0 Å². The highest BCUT2D eigenvalue weighted by Crippen LogP contribution is 2.30. The molecule has 1 amide bonds. The van der Waals surface area contributed by atoms with Crippen molar-refractivity contribution in [1.82, 2.24) is 0 Å². The highest BCUT2D eigenvalue weighted by molar-refractivity contribution is 6.04. The number of rotatable bonds is 5. The van der Waals surface area contributed by atoms with Gasteiger partial charge in [0.15, 0.2) is 5.76 Å². The number of benzene rings is 2. The van der Waals surface area contributed by atoms with Crippen LogP contribution < -0.4 is 10.2 Å². The summed E-state index contributed by atoms with van der Waals surface area (Å²) >= 11 is 0. The maximum absolute atomic E-state index is 12.7. The Morgan fingerprint density at radius 1 is 1.04 bits per heavy atom. The predicted molar refractivity (Wildman–Crippen MR) is 107 cm³/mol. The van der Waals surface area contributed by atoms with E-state index in [1.807, 2.05) is 24.3 Å². The van der Waals surface area contributed by atoms with Crippen molar-refractivity contribution in [2.45, 2.75) is 12.8 Å². The maximum Gasteiger partial charge on any atom is 0.291 e. The van der Waals surface area contributed by atoms with Crippen LogP contribution in [0.4, 0.5) is 17.1 Å². The Bertz CT molecular complexity index is 1020. The number of anilines is 2. The average molecular weight is 377 g/mol. The zero-order valence-corrected chi connectivity index (χ0v) is 15.1. The molecule has 1 fully saturated rings. The van der Waals surface area contributed by atoms with Crippen LogP contribution in [0.15, 0.2) is 65.1 Å². The molecule has 2 heterocycles. The Kier molecular flexibility index (Phi) is 4.80. The van der Waals surface area contributed by atoms with E-state index in [1.165, 1.54) is 12.1 Å². The summed E-state index contributed by atoms with van der Waals surface area (Å²) in [6.45, 7) is 1.95. The Labute approximate surface area is 161 Å². The van der Waals surface area contributed by atoms with Crippen LogP contribution in [0.3, 0.4) is 0 Å². The highest BCUT2D eigenvalue weighted by atomic mass is 16.6. The monoisotopic (exact) mass is 377 g/mol. The summed E-state index contributed by atoms with van der Waals surface area (Å²) in [6, 6.07) is 17.0. The molecule has 142 valence electrons. The molecule has 0 aliphatic carbocycles. The van der Waals surface area contributed by atoms with Crippen molar-refractivity contribution in [2.75, 3.05) is 23.3 Å². The number of nitrogens with zero attached hydrogens (tertiary/aromatic N) is 2. The van der Waals surface area contributed by atoms with E-state index in [2.05, 4.69) is 10.2 Å². The summed E-state index contributed by atoms with van der Waals surface area (Å²) < 4.78 is 5.66. The molecule has 0 spiro atoms. The first kappa shape index (κ1) is 17.8. The summed E-state index contributed by atoms with van der Waals surface area (Å²) in [4.78, 5) is 25.4. The minimum absolute atomic E-state index is 0.0283. The predicted octanol–water partition coefficient (Wildman–Crippen LogP) is 4.71. The highest BCUT2D eigenvalue weighted by Gasteiger charge is 2.19. The van der Waals surface area contributed by atoms with Gasteiger partial charge in [0.25, 0.3) is 11.6 Å². The maximum atomic E-state index is 12.7. The number of carbonyl (C=O) groups excluding carboxylic acids is 1. The molecule has 1 N–H and O–H groups in total. The molecule has 0 bridgehead atoms. The van der Waals surface area contributed by atoms with E-state index in [0.29, 0.717) is 11.3 Å². The van der Waals surface area contributed by atoms with Crippen LogP contribution in [0.5, 0.6) is 0 Å². The molecule has 7 heteroatoms. The lowest BCUT2D eigenvalue weighted by molar-refractivity contribution is -0.384. The number of hydrogen-bond acceptors (Lipinski definition) is 5. The molecule has 3 aromatic rings. The molecule has 0 unspecified atom stereocenters. The first-order chi connectivity index (χ1) is 13.6. The van der Waals surface area contributed by atoms with E-state index in [1.54, 1.807) is 24.3 Å². The van der Waals surface area contributed by atoms with Gasteiger partial charge in [-0.05, 0) is 37.1 Å². The van der Waals surface area contributed by atoms with Gasteiger partial charge in [-0.2, -0.15) is 0 Å². The van der Waals surface area contributed by atoms with Crippen LogP contribution in [-0.2, 0) is 0 Å². The molecule has 7 nitrogen and oxygen atoms in total. The summed E-state index contributed by atoms with van der Waals surface area (Å²) in [5.74, 6) is 0.197. The van der Waals surface area contributed by atoms with Crippen molar-refractivity contribution in [1.29, 1.82) is 0 Å². The quantitative estimate of drug-likeness (QED) is 0.514. The van der Waals surface area contributed by atoms with Gasteiger partial charge >= 0.3 is 0 Å². The average Bonchev–Trinajstić information content (AvgIpc) is 3.41. The van der Waals surface area contributed by atoms with Gasteiger partial charge in [-0.1, -0.05) is 24.3 Å². The Morgan fingerprint density at radius 3 is 2.61 bits per heavy atom. The fraction of sp³-hybridized carbons (Fsp3) is 0.190. The number of nitro benzene ring substituents is 1. The van der Waals surface area contributed by atoms with E-state index in [-0.39, 0.29) is 17.4 Å². The van der Waals surface area contributed by atoms with Crippen LogP contribution in [0.1, 0.15) is 23.4 Å². The molecule has 1 aliphatic rings. The fourth-order valence-corrected chi connectivity index (χ4v) is 3.38. The molecule has 2 aromatic carbocycles. The first-order valence-corrected chi connectivity index (χ1v) is 9.12. The van der Waals surface area contributed by atoms with Gasteiger partial charge in [0.2, 0.25) is 0 Å². The molecule has 0 saturated carbocycles. The lowest BCUT2D eigenvalue weighted by atomic mass is 10.1. The minimum Gasteiger partial charge on any atom is -0.451 e. The number of para-hydroxylation sites is 2. The lowest BCUT2D eigenvalue weighted by Crippen LogP contribution is -2.20. The van der Waals surface area contributed by atoms with E-state index in [0.717, 1.165) is 37.3 Å². The summed E-state index contributed by atoms with van der Waals surface area (Å²) in [6.07, 6.45) is 2.29. The topological polar surface area (TPSA) is 88.6 Å². The van der Waals surface area contributed by atoms with E-state index in [9.17, 15) is 14.9 Å². The third kappa shape index (κ3) is 3.59. The third-order valence-corrected chi connectivity index (χ3v) is 4.77. The second kappa shape index (κ2) is 7.56. The third-order valence-electron chi connectivity index (χ3n) is 4.77. The van der Waals surface area contributed by atoms with Crippen molar-refractivity contribution >= 4 is 23.0 Å². The number of nitrogens with one attached hydrogen (secondary N) is 1. The van der Waals surface area contributed by atoms with Crippen LogP contribution >= 0.6 is 0 Å².